The van der Waals surface area contributed by atoms with Crippen molar-refractivity contribution in [3.63, 3.8) is 0 Å². The Morgan fingerprint density at radius 1 is 1.47 bits per heavy atom. The Balaban J connectivity index is 1.99. The first-order valence-corrected chi connectivity index (χ1v) is 8.74. The van der Waals surface area contributed by atoms with Crippen molar-refractivity contribution in [2.24, 2.45) is 5.92 Å². The number of halogens is 1. The van der Waals surface area contributed by atoms with Gasteiger partial charge in [-0.15, -0.1) is 0 Å². The zero-order valence-electron chi connectivity index (χ0n) is 10.9. The minimum atomic E-state index is -3.41. The fraction of sp³-hybridized carbons (Fsp3) is 0.538. The number of rotatable bonds is 5. The number of hydrogen-bond acceptors (Lipinski definition) is 3. The number of sulfonamides is 1. The summed E-state index contributed by atoms with van der Waals surface area (Å²) in [6.45, 7) is 4.35. The first kappa shape index (κ1) is 15.0. The van der Waals surface area contributed by atoms with Crippen molar-refractivity contribution in [2.75, 3.05) is 19.6 Å². The topological polar surface area (TPSA) is 58.2 Å². The fourth-order valence-electron chi connectivity index (χ4n) is 2.31. The Morgan fingerprint density at radius 3 is 2.95 bits per heavy atom. The van der Waals surface area contributed by atoms with Gasteiger partial charge in [0.25, 0.3) is 0 Å². The molecule has 4 nitrogen and oxygen atoms in total. The van der Waals surface area contributed by atoms with Crippen LogP contribution >= 0.6 is 15.9 Å². The van der Waals surface area contributed by atoms with Crippen LogP contribution in [0, 0.1) is 12.8 Å². The highest BCUT2D eigenvalue weighted by Gasteiger charge is 2.19. The van der Waals surface area contributed by atoms with Gasteiger partial charge in [-0.2, -0.15) is 0 Å². The molecule has 106 valence electrons. The fourth-order valence-corrected chi connectivity index (χ4v) is 4.13. The zero-order chi connectivity index (χ0) is 13.9. The van der Waals surface area contributed by atoms with Crippen LogP contribution in [0.5, 0.6) is 0 Å². The largest absolute Gasteiger partial charge is 0.316 e. The molecule has 2 rings (SSSR count). The Kier molecular flexibility index (Phi) is 5.00. The molecule has 0 aromatic heterocycles. The summed E-state index contributed by atoms with van der Waals surface area (Å²) in [5.41, 5.74) is 0.748. The van der Waals surface area contributed by atoms with Crippen LogP contribution in [0.3, 0.4) is 0 Å². The van der Waals surface area contributed by atoms with Crippen molar-refractivity contribution in [2.45, 2.75) is 24.7 Å². The Labute approximate surface area is 123 Å². The van der Waals surface area contributed by atoms with Crippen molar-refractivity contribution in [1.82, 2.24) is 10.0 Å². The summed E-state index contributed by atoms with van der Waals surface area (Å²) >= 11 is 3.36. The van der Waals surface area contributed by atoms with Gasteiger partial charge in [-0.25, -0.2) is 13.1 Å². The summed E-state index contributed by atoms with van der Waals surface area (Å²) < 4.78 is 28.0. The number of hydrogen-bond donors (Lipinski definition) is 2. The zero-order valence-corrected chi connectivity index (χ0v) is 13.4. The quantitative estimate of drug-likeness (QED) is 0.857. The molecule has 0 aliphatic carbocycles. The number of benzene rings is 1. The summed E-state index contributed by atoms with van der Waals surface area (Å²) in [6, 6.07) is 5.23. The average molecular weight is 347 g/mol. The van der Waals surface area contributed by atoms with Gasteiger partial charge in [0.05, 0.1) is 4.90 Å². The second kappa shape index (κ2) is 6.35. The van der Waals surface area contributed by atoms with Crippen molar-refractivity contribution >= 4 is 26.0 Å². The molecule has 1 unspecified atom stereocenters. The van der Waals surface area contributed by atoms with Gasteiger partial charge in [0, 0.05) is 11.0 Å². The highest BCUT2D eigenvalue weighted by Crippen LogP contribution is 2.23. The SMILES string of the molecule is Cc1c(Br)cccc1S(=O)(=O)NCCC1CCNC1. The van der Waals surface area contributed by atoms with Crippen LogP contribution < -0.4 is 10.0 Å². The maximum Gasteiger partial charge on any atom is 0.240 e. The molecule has 1 saturated heterocycles. The summed E-state index contributed by atoms with van der Waals surface area (Å²) in [5, 5.41) is 3.28. The molecule has 1 aliphatic heterocycles. The molecule has 0 radical (unpaired) electrons. The molecule has 1 heterocycles. The van der Waals surface area contributed by atoms with E-state index in [0.717, 1.165) is 36.0 Å². The molecular formula is C13H19BrN2O2S. The molecular weight excluding hydrogens is 328 g/mol. The molecule has 1 aromatic rings. The monoisotopic (exact) mass is 346 g/mol. The molecule has 0 bridgehead atoms. The lowest BCUT2D eigenvalue weighted by atomic mass is 10.1. The average Bonchev–Trinajstić information content (AvgIpc) is 2.85. The molecule has 19 heavy (non-hydrogen) atoms. The molecule has 1 atom stereocenters. The van der Waals surface area contributed by atoms with Gasteiger partial charge in [-0.3, -0.25) is 0 Å². The molecule has 0 amide bonds. The lowest BCUT2D eigenvalue weighted by Crippen LogP contribution is -2.27. The summed E-state index contributed by atoms with van der Waals surface area (Å²) in [5.74, 6) is 0.589. The van der Waals surface area contributed by atoms with E-state index in [1.54, 1.807) is 19.1 Å². The van der Waals surface area contributed by atoms with Gasteiger partial charge >= 0.3 is 0 Å². The summed E-state index contributed by atoms with van der Waals surface area (Å²) in [4.78, 5) is 0.353. The Bertz CT molecular complexity index is 540. The van der Waals surface area contributed by atoms with Crippen molar-refractivity contribution in [3.8, 4) is 0 Å². The normalized spacial score (nSPS) is 19.8. The van der Waals surface area contributed by atoms with E-state index in [9.17, 15) is 8.42 Å². The summed E-state index contributed by atoms with van der Waals surface area (Å²) in [6.07, 6.45) is 2.02. The summed E-state index contributed by atoms with van der Waals surface area (Å²) in [7, 11) is -3.41. The number of nitrogens with one attached hydrogen (secondary N) is 2. The lowest BCUT2D eigenvalue weighted by Gasteiger charge is -2.12. The minimum absolute atomic E-state index is 0.353. The van der Waals surface area contributed by atoms with E-state index < -0.39 is 10.0 Å². The van der Waals surface area contributed by atoms with E-state index in [0.29, 0.717) is 17.4 Å². The van der Waals surface area contributed by atoms with Crippen LogP contribution in [0.15, 0.2) is 27.6 Å². The Morgan fingerprint density at radius 2 is 2.26 bits per heavy atom. The Hall–Kier alpha value is -0.430. The molecule has 0 saturated carbocycles. The van der Waals surface area contributed by atoms with Gasteiger partial charge in [0.15, 0.2) is 0 Å². The van der Waals surface area contributed by atoms with Crippen molar-refractivity contribution in [1.29, 1.82) is 0 Å². The van der Waals surface area contributed by atoms with Crippen molar-refractivity contribution < 1.29 is 8.42 Å². The van der Waals surface area contributed by atoms with Gasteiger partial charge in [0.1, 0.15) is 0 Å². The molecule has 1 fully saturated rings. The van der Waals surface area contributed by atoms with Crippen LogP contribution in [0.25, 0.3) is 0 Å². The predicted molar refractivity (Wildman–Crippen MR) is 79.7 cm³/mol. The molecule has 6 heteroatoms. The van der Waals surface area contributed by atoms with Crippen LogP contribution in [-0.4, -0.2) is 28.1 Å². The van der Waals surface area contributed by atoms with Crippen LogP contribution in [0.1, 0.15) is 18.4 Å². The van der Waals surface area contributed by atoms with Gasteiger partial charge in [0.2, 0.25) is 10.0 Å². The highest BCUT2D eigenvalue weighted by molar-refractivity contribution is 9.10. The first-order chi connectivity index (χ1) is 9.00. The van der Waals surface area contributed by atoms with E-state index in [1.807, 2.05) is 6.07 Å². The standard InChI is InChI=1S/C13H19BrN2O2S/c1-10-12(14)3-2-4-13(10)19(17,18)16-8-6-11-5-7-15-9-11/h2-4,11,15-16H,5-9H2,1H3. The molecule has 1 aliphatic rings. The van der Waals surface area contributed by atoms with E-state index in [2.05, 4.69) is 26.0 Å². The smallest absolute Gasteiger partial charge is 0.240 e. The minimum Gasteiger partial charge on any atom is -0.316 e. The molecule has 2 N–H and O–H groups in total. The second-order valence-electron chi connectivity index (χ2n) is 4.91. The predicted octanol–water partition coefficient (Wildman–Crippen LogP) is 2.04. The van der Waals surface area contributed by atoms with E-state index in [1.165, 1.54) is 0 Å². The third kappa shape index (κ3) is 3.78. The lowest BCUT2D eigenvalue weighted by molar-refractivity contribution is 0.519. The maximum atomic E-state index is 12.2. The third-order valence-corrected chi connectivity index (χ3v) is 5.98. The maximum absolute atomic E-state index is 12.2. The van der Waals surface area contributed by atoms with Gasteiger partial charge < -0.3 is 5.32 Å². The van der Waals surface area contributed by atoms with Crippen LogP contribution in [0.4, 0.5) is 0 Å². The van der Waals surface area contributed by atoms with Gasteiger partial charge in [-0.1, -0.05) is 22.0 Å². The van der Waals surface area contributed by atoms with E-state index in [4.69, 9.17) is 0 Å². The first-order valence-electron chi connectivity index (χ1n) is 6.46. The van der Waals surface area contributed by atoms with E-state index in [-0.39, 0.29) is 0 Å². The van der Waals surface area contributed by atoms with E-state index >= 15 is 0 Å². The third-order valence-electron chi connectivity index (χ3n) is 3.51. The van der Waals surface area contributed by atoms with Gasteiger partial charge in [-0.05, 0) is 56.5 Å². The highest BCUT2D eigenvalue weighted by atomic mass is 79.9. The van der Waals surface area contributed by atoms with Crippen LogP contribution in [-0.2, 0) is 10.0 Å². The second-order valence-corrected chi connectivity index (χ2v) is 7.50. The molecule has 1 aromatic carbocycles. The molecule has 0 spiro atoms. The van der Waals surface area contributed by atoms with Crippen molar-refractivity contribution in [3.05, 3.63) is 28.2 Å². The van der Waals surface area contributed by atoms with Crippen LogP contribution in [0.2, 0.25) is 0 Å².